The number of piperidine rings is 1. The highest BCUT2D eigenvalue weighted by atomic mass is 16.5. The van der Waals surface area contributed by atoms with Gasteiger partial charge in [-0.25, -0.2) is 4.79 Å². The van der Waals surface area contributed by atoms with Crippen LogP contribution < -0.4 is 0 Å². The molecule has 186 valence electrons. The lowest BCUT2D eigenvalue weighted by molar-refractivity contribution is 0.0600. The molecule has 6 nitrogen and oxygen atoms in total. The Morgan fingerprint density at radius 2 is 1.77 bits per heavy atom. The van der Waals surface area contributed by atoms with Crippen LogP contribution in [0.2, 0.25) is 0 Å². The molecule has 0 N–H and O–H groups in total. The molecule has 0 unspecified atom stereocenters. The molecule has 0 spiro atoms. The lowest BCUT2D eigenvalue weighted by Crippen LogP contribution is -2.45. The molecule has 0 aliphatic carbocycles. The number of likely N-dealkylation sites (tertiary alicyclic amines) is 1. The number of benzene rings is 2. The average molecular weight is 475 g/mol. The molecule has 1 atom stereocenters. The van der Waals surface area contributed by atoms with Gasteiger partial charge in [0, 0.05) is 37.9 Å². The van der Waals surface area contributed by atoms with Gasteiger partial charge in [0.05, 0.1) is 18.4 Å². The Morgan fingerprint density at radius 1 is 1.09 bits per heavy atom. The van der Waals surface area contributed by atoms with E-state index in [-0.39, 0.29) is 5.97 Å². The lowest BCUT2D eigenvalue weighted by atomic mass is 9.84. The number of methoxy groups -OCH3 is 1. The summed E-state index contributed by atoms with van der Waals surface area (Å²) in [5, 5.41) is 4.55. The van der Waals surface area contributed by atoms with Gasteiger partial charge in [-0.15, -0.1) is 0 Å². The molecule has 0 bridgehead atoms. The van der Waals surface area contributed by atoms with Gasteiger partial charge in [-0.05, 0) is 75.5 Å². The highest BCUT2D eigenvalue weighted by Crippen LogP contribution is 2.28. The predicted octanol–water partition coefficient (Wildman–Crippen LogP) is 4.47. The summed E-state index contributed by atoms with van der Waals surface area (Å²) in [4.78, 5) is 16.8. The Bertz CT molecular complexity index is 1090. The molecule has 1 aliphatic heterocycles. The number of carbonyl (C=O) groups excluding carboxylic acids is 1. The first-order valence-electron chi connectivity index (χ1n) is 12.6. The zero-order valence-corrected chi connectivity index (χ0v) is 21.5. The topological polar surface area (TPSA) is 50.6 Å². The number of hydrogen-bond acceptors (Lipinski definition) is 5. The molecule has 6 heteroatoms. The first-order chi connectivity index (χ1) is 16.9. The molecule has 2 aromatic carbocycles. The van der Waals surface area contributed by atoms with Gasteiger partial charge in [0.15, 0.2) is 0 Å². The molecule has 2 heterocycles. The molecule has 1 aliphatic rings. The zero-order chi connectivity index (χ0) is 24.8. The number of carbonyl (C=O) groups is 1. The van der Waals surface area contributed by atoms with Gasteiger partial charge >= 0.3 is 5.97 Å². The number of hydrogen-bond donors (Lipinski definition) is 0. The third kappa shape index (κ3) is 6.59. The van der Waals surface area contributed by atoms with Crippen molar-refractivity contribution in [3.8, 4) is 0 Å². The van der Waals surface area contributed by atoms with Crippen molar-refractivity contribution in [1.29, 1.82) is 0 Å². The zero-order valence-electron chi connectivity index (χ0n) is 21.5. The second kappa shape index (κ2) is 11.6. The molecule has 4 rings (SSSR count). The SMILES string of the molecule is COC(=O)c1ccc(CN2CCC([C@H](Cc3ccccc3)N(C)Cc3cn(C)nc3C)CC2)cc1. The Balaban J connectivity index is 1.40. The fourth-order valence-corrected chi connectivity index (χ4v) is 5.35. The predicted molar refractivity (Wildman–Crippen MR) is 139 cm³/mol. The summed E-state index contributed by atoms with van der Waals surface area (Å²) in [6, 6.07) is 19.2. The molecule has 0 amide bonds. The van der Waals surface area contributed by atoms with E-state index < -0.39 is 0 Å². The fourth-order valence-electron chi connectivity index (χ4n) is 5.35. The van der Waals surface area contributed by atoms with Crippen molar-refractivity contribution in [2.45, 2.75) is 45.3 Å². The first-order valence-corrected chi connectivity index (χ1v) is 12.6. The van der Waals surface area contributed by atoms with Gasteiger partial charge in [-0.2, -0.15) is 5.10 Å². The third-order valence-electron chi connectivity index (χ3n) is 7.35. The monoisotopic (exact) mass is 474 g/mol. The van der Waals surface area contributed by atoms with E-state index in [0.717, 1.165) is 38.3 Å². The molecule has 1 saturated heterocycles. The highest BCUT2D eigenvalue weighted by Gasteiger charge is 2.30. The van der Waals surface area contributed by atoms with Crippen LogP contribution in [-0.4, -0.2) is 58.8 Å². The van der Waals surface area contributed by atoms with Gasteiger partial charge in [-0.1, -0.05) is 42.5 Å². The standard InChI is InChI=1S/C29H38N4O2/c1-22-27(21-32(3)30-22)20-31(2)28(18-23-8-6-5-7-9-23)25-14-16-33(17-15-25)19-24-10-12-26(13-11-24)29(34)35-4/h5-13,21,25,28H,14-20H2,1-4H3/t28-/m0/s1. The third-order valence-corrected chi connectivity index (χ3v) is 7.35. The Hall–Kier alpha value is -2.96. The molecule has 0 saturated carbocycles. The van der Waals surface area contributed by atoms with E-state index in [0.29, 0.717) is 17.5 Å². The van der Waals surface area contributed by atoms with E-state index in [4.69, 9.17) is 4.74 Å². The fraction of sp³-hybridized carbons (Fsp3) is 0.448. The van der Waals surface area contributed by atoms with Crippen molar-refractivity contribution in [2.75, 3.05) is 27.2 Å². The van der Waals surface area contributed by atoms with Crippen molar-refractivity contribution < 1.29 is 9.53 Å². The van der Waals surface area contributed by atoms with Gasteiger partial charge in [0.1, 0.15) is 0 Å². The maximum atomic E-state index is 11.7. The van der Waals surface area contributed by atoms with Crippen LogP contribution in [0, 0.1) is 12.8 Å². The minimum absolute atomic E-state index is 0.285. The van der Waals surface area contributed by atoms with Crippen LogP contribution in [0.15, 0.2) is 60.8 Å². The van der Waals surface area contributed by atoms with Crippen molar-refractivity contribution in [1.82, 2.24) is 19.6 Å². The van der Waals surface area contributed by atoms with Crippen molar-refractivity contribution in [2.24, 2.45) is 13.0 Å². The number of likely N-dealkylation sites (N-methyl/N-ethyl adjacent to an activating group) is 1. The van der Waals surface area contributed by atoms with Crippen molar-refractivity contribution >= 4 is 5.97 Å². The Kier molecular flexibility index (Phi) is 8.37. The minimum Gasteiger partial charge on any atom is -0.465 e. The maximum absolute atomic E-state index is 11.7. The van der Waals surface area contributed by atoms with Crippen molar-refractivity contribution in [3.05, 3.63) is 88.7 Å². The summed E-state index contributed by atoms with van der Waals surface area (Å²) in [5.41, 5.74) is 5.67. The van der Waals surface area contributed by atoms with Crippen LogP contribution in [0.1, 0.15) is 45.6 Å². The first kappa shape index (κ1) is 25.1. The van der Waals surface area contributed by atoms with E-state index >= 15 is 0 Å². The second-order valence-corrected chi connectivity index (χ2v) is 9.89. The van der Waals surface area contributed by atoms with Gasteiger partial charge in [0.25, 0.3) is 0 Å². The molecule has 1 fully saturated rings. The number of esters is 1. The number of rotatable bonds is 9. The number of nitrogens with zero attached hydrogens (tertiary/aromatic N) is 4. The molecule has 3 aromatic rings. The van der Waals surface area contributed by atoms with Crippen LogP contribution in [-0.2, 0) is 31.3 Å². The van der Waals surface area contributed by atoms with Crippen LogP contribution in [0.5, 0.6) is 0 Å². The van der Waals surface area contributed by atoms with Crippen LogP contribution in [0.25, 0.3) is 0 Å². The Morgan fingerprint density at radius 3 is 2.37 bits per heavy atom. The number of ether oxygens (including phenoxy) is 1. The molecule has 0 radical (unpaired) electrons. The summed E-state index contributed by atoms with van der Waals surface area (Å²) in [5.74, 6) is 0.363. The molecular formula is C29H38N4O2. The number of aromatic nitrogens is 2. The highest BCUT2D eigenvalue weighted by molar-refractivity contribution is 5.89. The van der Waals surface area contributed by atoms with E-state index in [9.17, 15) is 4.79 Å². The van der Waals surface area contributed by atoms with Crippen LogP contribution in [0.4, 0.5) is 0 Å². The van der Waals surface area contributed by atoms with Crippen molar-refractivity contribution in [3.63, 3.8) is 0 Å². The lowest BCUT2D eigenvalue weighted by Gasteiger charge is -2.40. The summed E-state index contributed by atoms with van der Waals surface area (Å²) < 4.78 is 6.73. The quantitative estimate of drug-likeness (QED) is 0.428. The van der Waals surface area contributed by atoms with Gasteiger partial charge in [0.2, 0.25) is 0 Å². The largest absolute Gasteiger partial charge is 0.465 e. The number of aryl methyl sites for hydroxylation is 2. The second-order valence-electron chi connectivity index (χ2n) is 9.89. The smallest absolute Gasteiger partial charge is 0.337 e. The van der Waals surface area contributed by atoms with E-state index in [2.05, 4.69) is 65.4 Å². The van der Waals surface area contributed by atoms with E-state index in [1.807, 2.05) is 36.0 Å². The van der Waals surface area contributed by atoms with E-state index in [1.54, 1.807) is 0 Å². The van der Waals surface area contributed by atoms with Crippen LogP contribution in [0.3, 0.4) is 0 Å². The summed E-state index contributed by atoms with van der Waals surface area (Å²) in [6.07, 6.45) is 5.60. The minimum atomic E-state index is -0.285. The van der Waals surface area contributed by atoms with Gasteiger partial charge in [-0.3, -0.25) is 14.5 Å². The van der Waals surface area contributed by atoms with Crippen LogP contribution >= 0.6 is 0 Å². The summed E-state index contributed by atoms with van der Waals surface area (Å²) in [6.45, 7) is 6.13. The van der Waals surface area contributed by atoms with Gasteiger partial charge < -0.3 is 4.74 Å². The normalized spacial score (nSPS) is 15.9. The molecular weight excluding hydrogens is 436 g/mol. The summed E-state index contributed by atoms with van der Waals surface area (Å²) in [7, 11) is 5.69. The average Bonchev–Trinajstić information content (AvgIpc) is 3.19. The Labute approximate surface area is 209 Å². The molecule has 1 aromatic heterocycles. The summed E-state index contributed by atoms with van der Waals surface area (Å²) >= 11 is 0. The van der Waals surface area contributed by atoms with E-state index in [1.165, 1.54) is 36.6 Å². The maximum Gasteiger partial charge on any atom is 0.337 e. The molecule has 35 heavy (non-hydrogen) atoms.